The normalized spacial score (nSPS) is 22.2. The fraction of sp³-hybridized carbons (Fsp3) is 0.323. The van der Waals surface area contributed by atoms with Gasteiger partial charge in [0, 0.05) is 12.0 Å². The SMILES string of the molecule is O=C(OCC1c2ccccc2-c2ccccc21)N1C2C=C(c3ccc4c(c3)CC4)CC1CCC2. The van der Waals surface area contributed by atoms with E-state index in [0.29, 0.717) is 6.61 Å². The molecule has 2 atom stereocenters. The van der Waals surface area contributed by atoms with Crippen molar-refractivity contribution in [1.82, 2.24) is 4.90 Å². The lowest BCUT2D eigenvalue weighted by molar-refractivity contribution is 0.0539. The summed E-state index contributed by atoms with van der Waals surface area (Å²) in [6.45, 7) is 0.393. The third-order valence-corrected chi connectivity index (χ3v) is 8.42. The number of hydrogen-bond acceptors (Lipinski definition) is 2. The summed E-state index contributed by atoms with van der Waals surface area (Å²) < 4.78 is 6.06. The summed E-state index contributed by atoms with van der Waals surface area (Å²) in [5.41, 5.74) is 10.8. The lowest BCUT2D eigenvalue weighted by Crippen LogP contribution is -2.51. The van der Waals surface area contributed by atoms with Crippen molar-refractivity contribution in [2.24, 2.45) is 0 Å². The molecule has 2 aliphatic heterocycles. The molecule has 1 saturated heterocycles. The van der Waals surface area contributed by atoms with Crippen LogP contribution in [0.5, 0.6) is 0 Å². The van der Waals surface area contributed by atoms with E-state index in [0.717, 1.165) is 19.3 Å². The third kappa shape index (κ3) is 3.14. The van der Waals surface area contributed by atoms with Crippen LogP contribution in [0.2, 0.25) is 0 Å². The first-order chi connectivity index (χ1) is 16.8. The highest BCUT2D eigenvalue weighted by Crippen LogP contribution is 2.45. The monoisotopic (exact) mass is 447 g/mol. The number of carbonyl (C=O) groups is 1. The average Bonchev–Trinajstić information content (AvgIpc) is 3.16. The number of fused-ring (bicyclic) bond motifs is 6. The number of aryl methyl sites for hydroxylation is 2. The number of carbonyl (C=O) groups excluding carboxylic acids is 1. The Balaban J connectivity index is 1.11. The number of benzene rings is 3. The summed E-state index contributed by atoms with van der Waals surface area (Å²) in [6, 6.07) is 24.4. The topological polar surface area (TPSA) is 29.5 Å². The molecule has 3 aromatic rings. The Morgan fingerprint density at radius 2 is 1.62 bits per heavy atom. The standard InChI is InChI=1S/C31H29NO2/c33-31(34-19-30-28-10-3-1-8-26(28)27-9-2-4-11-29(27)30)32-24-6-5-7-25(32)18-23(17-24)22-15-13-20-12-14-21(20)16-22/h1-4,8-11,13,15-17,24-25,30H,5-7,12,14,18-19H2. The Morgan fingerprint density at radius 3 is 2.29 bits per heavy atom. The van der Waals surface area contributed by atoms with E-state index in [1.54, 1.807) is 0 Å². The van der Waals surface area contributed by atoms with E-state index in [2.05, 4.69) is 72.8 Å². The Hall–Kier alpha value is -3.33. The average molecular weight is 448 g/mol. The molecule has 1 amide bonds. The molecular weight excluding hydrogens is 418 g/mol. The van der Waals surface area contributed by atoms with E-state index < -0.39 is 0 Å². The van der Waals surface area contributed by atoms with Crippen LogP contribution in [0.1, 0.15) is 59.4 Å². The zero-order valence-corrected chi connectivity index (χ0v) is 19.4. The van der Waals surface area contributed by atoms with Crippen molar-refractivity contribution in [3.8, 4) is 11.1 Å². The second-order valence-electron chi connectivity index (χ2n) is 10.2. The maximum atomic E-state index is 13.4. The van der Waals surface area contributed by atoms with Crippen LogP contribution in [-0.4, -0.2) is 29.7 Å². The van der Waals surface area contributed by atoms with Crippen LogP contribution in [0.25, 0.3) is 16.7 Å². The maximum Gasteiger partial charge on any atom is 0.410 e. The van der Waals surface area contributed by atoms with Crippen molar-refractivity contribution in [2.45, 2.75) is 56.5 Å². The molecule has 0 saturated carbocycles. The molecule has 3 heteroatoms. The van der Waals surface area contributed by atoms with E-state index in [9.17, 15) is 4.79 Å². The summed E-state index contributed by atoms with van der Waals surface area (Å²) in [4.78, 5) is 15.5. The van der Waals surface area contributed by atoms with Crippen molar-refractivity contribution >= 4 is 11.7 Å². The van der Waals surface area contributed by atoms with Gasteiger partial charge in [-0.15, -0.1) is 0 Å². The summed E-state index contributed by atoms with van der Waals surface area (Å²) in [5, 5.41) is 0. The van der Waals surface area contributed by atoms with Gasteiger partial charge in [-0.1, -0.05) is 72.8 Å². The third-order valence-electron chi connectivity index (χ3n) is 8.42. The van der Waals surface area contributed by atoms with Crippen molar-refractivity contribution in [1.29, 1.82) is 0 Å². The molecule has 3 nitrogen and oxygen atoms in total. The minimum atomic E-state index is -0.149. The van der Waals surface area contributed by atoms with Gasteiger partial charge in [-0.25, -0.2) is 4.79 Å². The fourth-order valence-electron chi connectivity index (χ4n) is 6.59. The predicted octanol–water partition coefficient (Wildman–Crippen LogP) is 6.74. The molecule has 7 rings (SSSR count). The van der Waals surface area contributed by atoms with Gasteiger partial charge in [-0.05, 0) is 83.0 Å². The Bertz CT molecular complexity index is 1280. The zero-order valence-electron chi connectivity index (χ0n) is 19.4. The summed E-state index contributed by atoms with van der Waals surface area (Å²) in [7, 11) is 0. The molecule has 3 aromatic carbocycles. The van der Waals surface area contributed by atoms with Crippen molar-refractivity contribution in [3.05, 3.63) is 101 Å². The molecular formula is C31H29NO2. The van der Waals surface area contributed by atoms with Gasteiger partial charge >= 0.3 is 6.09 Å². The van der Waals surface area contributed by atoms with E-state index in [1.165, 1.54) is 63.8 Å². The predicted molar refractivity (Wildman–Crippen MR) is 135 cm³/mol. The molecule has 34 heavy (non-hydrogen) atoms. The largest absolute Gasteiger partial charge is 0.448 e. The molecule has 0 spiro atoms. The summed E-state index contributed by atoms with van der Waals surface area (Å²) >= 11 is 0. The summed E-state index contributed by atoms with van der Waals surface area (Å²) in [6.07, 6.45) is 8.81. The van der Waals surface area contributed by atoms with Crippen LogP contribution in [0.3, 0.4) is 0 Å². The van der Waals surface area contributed by atoms with E-state index >= 15 is 0 Å². The molecule has 2 heterocycles. The van der Waals surface area contributed by atoms with Gasteiger partial charge in [0.2, 0.25) is 0 Å². The van der Waals surface area contributed by atoms with Gasteiger partial charge in [0.05, 0.1) is 6.04 Å². The molecule has 0 N–H and O–H groups in total. The highest BCUT2D eigenvalue weighted by molar-refractivity contribution is 5.79. The minimum absolute atomic E-state index is 0.106. The zero-order chi connectivity index (χ0) is 22.6. The van der Waals surface area contributed by atoms with Gasteiger partial charge in [-0.2, -0.15) is 0 Å². The smallest absolute Gasteiger partial charge is 0.410 e. The lowest BCUT2D eigenvalue weighted by Gasteiger charge is -2.44. The van der Waals surface area contributed by atoms with Crippen molar-refractivity contribution in [3.63, 3.8) is 0 Å². The second kappa shape index (κ2) is 7.87. The molecule has 2 bridgehead atoms. The van der Waals surface area contributed by atoms with Crippen LogP contribution in [0.4, 0.5) is 4.79 Å². The number of hydrogen-bond donors (Lipinski definition) is 0. The van der Waals surface area contributed by atoms with Gasteiger partial charge in [-0.3, -0.25) is 4.90 Å². The first-order valence-electron chi connectivity index (χ1n) is 12.7. The van der Waals surface area contributed by atoms with Crippen LogP contribution < -0.4 is 0 Å². The van der Waals surface area contributed by atoms with E-state index in [1.807, 2.05) is 4.90 Å². The molecule has 0 aromatic heterocycles. The van der Waals surface area contributed by atoms with Crippen LogP contribution in [0, 0.1) is 0 Å². The van der Waals surface area contributed by atoms with Crippen LogP contribution >= 0.6 is 0 Å². The molecule has 2 unspecified atom stereocenters. The number of rotatable bonds is 3. The highest BCUT2D eigenvalue weighted by atomic mass is 16.6. The summed E-state index contributed by atoms with van der Waals surface area (Å²) in [5.74, 6) is 0.106. The van der Waals surface area contributed by atoms with Gasteiger partial charge in [0.25, 0.3) is 0 Å². The molecule has 4 aliphatic rings. The van der Waals surface area contributed by atoms with Crippen molar-refractivity contribution in [2.75, 3.05) is 6.61 Å². The Labute approximate surface area is 201 Å². The Kier molecular flexibility index (Phi) is 4.65. The molecule has 2 aliphatic carbocycles. The highest BCUT2D eigenvalue weighted by Gasteiger charge is 2.39. The van der Waals surface area contributed by atoms with E-state index in [4.69, 9.17) is 4.74 Å². The number of ether oxygens (including phenoxy) is 1. The maximum absolute atomic E-state index is 13.4. The van der Waals surface area contributed by atoms with E-state index in [-0.39, 0.29) is 24.1 Å². The number of piperidine rings is 1. The Morgan fingerprint density at radius 1 is 0.882 bits per heavy atom. The van der Waals surface area contributed by atoms with Gasteiger partial charge in [0.15, 0.2) is 0 Å². The molecule has 1 fully saturated rings. The van der Waals surface area contributed by atoms with Crippen LogP contribution in [-0.2, 0) is 17.6 Å². The van der Waals surface area contributed by atoms with Crippen molar-refractivity contribution < 1.29 is 9.53 Å². The first kappa shape index (κ1) is 20.1. The quantitative estimate of drug-likeness (QED) is 0.445. The minimum Gasteiger partial charge on any atom is -0.448 e. The number of amides is 1. The van der Waals surface area contributed by atoms with Gasteiger partial charge in [0.1, 0.15) is 6.61 Å². The molecule has 0 radical (unpaired) electrons. The van der Waals surface area contributed by atoms with Gasteiger partial charge < -0.3 is 4.74 Å². The lowest BCUT2D eigenvalue weighted by atomic mass is 9.80. The number of nitrogens with zero attached hydrogens (tertiary/aromatic N) is 1. The molecule has 170 valence electrons. The van der Waals surface area contributed by atoms with Crippen LogP contribution in [0.15, 0.2) is 72.8 Å². The second-order valence-corrected chi connectivity index (χ2v) is 10.2. The first-order valence-corrected chi connectivity index (χ1v) is 12.7. The fourth-order valence-corrected chi connectivity index (χ4v) is 6.59.